The molecule has 138 valence electrons. The Bertz CT molecular complexity index is 884. The molecule has 0 saturated heterocycles. The quantitative estimate of drug-likeness (QED) is 0.683. The zero-order valence-electron chi connectivity index (χ0n) is 16.0. The summed E-state index contributed by atoms with van der Waals surface area (Å²) in [5, 5.41) is 9.34. The molecule has 1 heterocycles. The monoisotopic (exact) mass is 371 g/mol. The smallest absolute Gasteiger partial charge is 0.161 e. The molecule has 0 atom stereocenters. The first-order valence-electron chi connectivity index (χ1n) is 8.50. The van der Waals surface area contributed by atoms with Crippen LogP contribution in [0.1, 0.15) is 29.3 Å². The van der Waals surface area contributed by atoms with Crippen LogP contribution >= 0.6 is 12.2 Å². The Labute approximate surface area is 160 Å². The van der Waals surface area contributed by atoms with Crippen LogP contribution in [0.2, 0.25) is 0 Å². The van der Waals surface area contributed by atoms with Crippen LogP contribution in [-0.4, -0.2) is 30.2 Å². The third kappa shape index (κ3) is 4.43. The summed E-state index contributed by atoms with van der Waals surface area (Å²) in [5.41, 5.74) is 3.65. The number of hydrogen-bond donors (Lipinski definition) is 0. The number of ether oxygens (including phenoxy) is 2. The van der Waals surface area contributed by atoms with E-state index in [1.807, 2.05) is 56.7 Å². The number of aromatic nitrogens is 1. The Morgan fingerprint density at radius 1 is 1.23 bits per heavy atom. The molecule has 1 aromatic carbocycles. The van der Waals surface area contributed by atoms with Gasteiger partial charge in [-0.1, -0.05) is 18.3 Å². The minimum Gasteiger partial charge on any atom is -0.493 e. The van der Waals surface area contributed by atoms with Crippen molar-refractivity contribution in [3.8, 4) is 17.6 Å². The number of benzene rings is 1. The molecule has 5 nitrogen and oxygen atoms in total. The molecule has 0 unspecified atom stereocenters. The van der Waals surface area contributed by atoms with Gasteiger partial charge in [0.05, 0.1) is 25.9 Å². The number of nitriles is 1. The predicted octanol–water partition coefficient (Wildman–Crippen LogP) is 4.20. The number of nitrogens with zero attached hydrogens (tertiary/aromatic N) is 3. The Kier molecular flexibility index (Phi) is 6.78. The van der Waals surface area contributed by atoms with E-state index in [0.29, 0.717) is 23.5 Å². The van der Waals surface area contributed by atoms with Crippen molar-refractivity contribution in [1.82, 2.24) is 9.47 Å². The lowest BCUT2D eigenvalue weighted by Gasteiger charge is -2.22. The summed E-state index contributed by atoms with van der Waals surface area (Å²) in [6.07, 6.45) is 0. The van der Waals surface area contributed by atoms with Crippen LogP contribution in [0.4, 0.5) is 0 Å². The molecule has 0 aliphatic rings. The van der Waals surface area contributed by atoms with E-state index in [9.17, 15) is 5.26 Å². The maximum absolute atomic E-state index is 9.34. The van der Waals surface area contributed by atoms with E-state index in [4.69, 9.17) is 21.7 Å². The minimum atomic E-state index is 0.571. The largest absolute Gasteiger partial charge is 0.493 e. The van der Waals surface area contributed by atoms with Crippen LogP contribution in [0.15, 0.2) is 24.3 Å². The molecule has 0 aliphatic carbocycles. The van der Waals surface area contributed by atoms with Crippen molar-refractivity contribution >= 4 is 12.2 Å². The molecule has 6 heteroatoms. The van der Waals surface area contributed by atoms with Gasteiger partial charge in [0.15, 0.2) is 11.5 Å². The van der Waals surface area contributed by atoms with E-state index in [-0.39, 0.29) is 0 Å². The molecule has 0 amide bonds. The van der Waals surface area contributed by atoms with Crippen molar-refractivity contribution in [2.24, 2.45) is 0 Å². The molecule has 0 spiro atoms. The van der Waals surface area contributed by atoms with E-state index < -0.39 is 0 Å². The Balaban J connectivity index is 2.21. The normalized spacial score (nSPS) is 10.7. The maximum atomic E-state index is 9.34. The van der Waals surface area contributed by atoms with Crippen molar-refractivity contribution in [1.29, 1.82) is 5.26 Å². The second kappa shape index (κ2) is 8.84. The topological polar surface area (TPSA) is 50.4 Å². The minimum absolute atomic E-state index is 0.571. The first-order valence-corrected chi connectivity index (χ1v) is 8.91. The second-order valence-electron chi connectivity index (χ2n) is 6.26. The molecule has 0 saturated carbocycles. The maximum Gasteiger partial charge on any atom is 0.161 e. The molecule has 26 heavy (non-hydrogen) atoms. The van der Waals surface area contributed by atoms with Gasteiger partial charge in [0, 0.05) is 12.2 Å². The number of methoxy groups -OCH3 is 1. The average molecular weight is 372 g/mol. The number of hydrogen-bond acceptors (Lipinski definition) is 5. The van der Waals surface area contributed by atoms with Crippen molar-refractivity contribution in [3.05, 3.63) is 51.3 Å². The van der Waals surface area contributed by atoms with E-state index in [1.54, 1.807) is 7.11 Å². The summed E-state index contributed by atoms with van der Waals surface area (Å²) in [6, 6.07) is 10.2. The van der Waals surface area contributed by atoms with Gasteiger partial charge in [-0.15, -0.1) is 0 Å². The van der Waals surface area contributed by atoms with Gasteiger partial charge in [0.1, 0.15) is 10.7 Å². The van der Waals surface area contributed by atoms with Crippen molar-refractivity contribution in [3.63, 3.8) is 0 Å². The van der Waals surface area contributed by atoms with Crippen molar-refractivity contribution in [2.75, 3.05) is 20.8 Å². The molecule has 2 rings (SSSR count). The zero-order chi connectivity index (χ0) is 19.3. The van der Waals surface area contributed by atoms with Crippen LogP contribution in [0.5, 0.6) is 11.5 Å². The highest BCUT2D eigenvalue weighted by Gasteiger charge is 2.11. The van der Waals surface area contributed by atoms with Crippen LogP contribution in [0, 0.1) is 29.8 Å². The van der Waals surface area contributed by atoms with Gasteiger partial charge in [-0.05, 0) is 57.1 Å². The summed E-state index contributed by atoms with van der Waals surface area (Å²) in [6.45, 7) is 7.81. The van der Waals surface area contributed by atoms with Crippen LogP contribution in [0.3, 0.4) is 0 Å². The van der Waals surface area contributed by atoms with E-state index in [1.165, 1.54) is 0 Å². The first-order chi connectivity index (χ1) is 12.4. The third-order valence-corrected chi connectivity index (χ3v) is 4.60. The molecule has 0 N–H and O–H groups in total. The fourth-order valence-electron chi connectivity index (χ4n) is 2.93. The SMILES string of the molecule is CCOc1ccc(CN(C)Cn2c(C)cc(C)c(C#N)c2=S)cc1OC. The lowest BCUT2D eigenvalue weighted by molar-refractivity contribution is 0.254. The first kappa shape index (κ1) is 20.0. The Morgan fingerprint density at radius 2 is 1.96 bits per heavy atom. The van der Waals surface area contributed by atoms with Gasteiger partial charge in [-0.25, -0.2) is 0 Å². The van der Waals surface area contributed by atoms with Crippen LogP contribution in [-0.2, 0) is 13.2 Å². The molecule has 2 aromatic rings. The van der Waals surface area contributed by atoms with Gasteiger partial charge >= 0.3 is 0 Å². The van der Waals surface area contributed by atoms with Crippen molar-refractivity contribution < 1.29 is 9.47 Å². The van der Waals surface area contributed by atoms with E-state index in [0.717, 1.165) is 34.9 Å². The summed E-state index contributed by atoms with van der Waals surface area (Å²) in [4.78, 5) is 2.15. The van der Waals surface area contributed by atoms with Gasteiger partial charge in [-0.2, -0.15) is 5.26 Å². The Morgan fingerprint density at radius 3 is 2.58 bits per heavy atom. The van der Waals surface area contributed by atoms with E-state index in [2.05, 4.69) is 11.0 Å². The standard InChI is InChI=1S/C20H25N3O2S/c1-6-25-18-8-7-16(10-19(18)24-5)12-22(4)13-23-15(3)9-14(2)17(11-21)20(23)26/h7-10H,6,12-13H2,1-5H3. The van der Waals surface area contributed by atoms with Gasteiger partial charge in [0.25, 0.3) is 0 Å². The predicted molar refractivity (Wildman–Crippen MR) is 105 cm³/mol. The van der Waals surface area contributed by atoms with Gasteiger partial charge in [-0.3, -0.25) is 4.90 Å². The lowest BCUT2D eigenvalue weighted by Crippen LogP contribution is -2.24. The Hall–Kier alpha value is -2.36. The lowest BCUT2D eigenvalue weighted by atomic mass is 10.1. The summed E-state index contributed by atoms with van der Waals surface area (Å²) < 4.78 is 13.6. The second-order valence-corrected chi connectivity index (χ2v) is 6.65. The summed E-state index contributed by atoms with van der Waals surface area (Å²) >= 11 is 5.51. The van der Waals surface area contributed by atoms with Crippen LogP contribution < -0.4 is 9.47 Å². The molecular weight excluding hydrogens is 346 g/mol. The number of pyridine rings is 1. The highest BCUT2D eigenvalue weighted by molar-refractivity contribution is 7.71. The fourth-order valence-corrected chi connectivity index (χ4v) is 3.34. The molecule has 0 fully saturated rings. The van der Waals surface area contributed by atoms with E-state index >= 15 is 0 Å². The number of rotatable bonds is 7. The van der Waals surface area contributed by atoms with Gasteiger partial charge in [0.2, 0.25) is 0 Å². The average Bonchev–Trinajstić information content (AvgIpc) is 2.60. The number of aryl methyl sites for hydroxylation is 2. The molecule has 1 aromatic heterocycles. The molecular formula is C20H25N3O2S. The van der Waals surface area contributed by atoms with Crippen molar-refractivity contribution in [2.45, 2.75) is 34.0 Å². The summed E-state index contributed by atoms with van der Waals surface area (Å²) in [5.74, 6) is 1.48. The highest BCUT2D eigenvalue weighted by Crippen LogP contribution is 2.28. The molecule has 0 aliphatic heterocycles. The molecule has 0 bridgehead atoms. The molecule has 0 radical (unpaired) electrons. The van der Waals surface area contributed by atoms with Crippen LogP contribution in [0.25, 0.3) is 0 Å². The highest BCUT2D eigenvalue weighted by atomic mass is 32.1. The summed E-state index contributed by atoms with van der Waals surface area (Å²) in [7, 11) is 3.67. The third-order valence-electron chi connectivity index (χ3n) is 4.18. The fraction of sp³-hybridized carbons (Fsp3) is 0.400. The van der Waals surface area contributed by atoms with Gasteiger partial charge < -0.3 is 14.0 Å². The zero-order valence-corrected chi connectivity index (χ0v) is 16.8.